The number of hydrogen-bond donors (Lipinski definition) is 0. The summed E-state index contributed by atoms with van der Waals surface area (Å²) in [7, 11) is 1.44. The number of fused-ring (bicyclic) bond motifs is 1. The van der Waals surface area contributed by atoms with Crippen LogP contribution >= 0.6 is 0 Å². The topological polar surface area (TPSA) is 27.7 Å². The third kappa shape index (κ3) is 3.69. The fourth-order valence-corrected chi connectivity index (χ4v) is 2.54. The molecule has 0 bridgehead atoms. The first-order valence-corrected chi connectivity index (χ1v) is 8.00. The van der Waals surface area contributed by atoms with Crippen LogP contribution in [0.15, 0.2) is 54.6 Å². The van der Waals surface area contributed by atoms with Crippen molar-refractivity contribution in [1.82, 2.24) is 0 Å². The zero-order valence-corrected chi connectivity index (χ0v) is 14.3. The zero-order chi connectivity index (χ0) is 18.7. The predicted molar refractivity (Wildman–Crippen MR) is 92.6 cm³/mol. The molecule has 0 N–H and O–H groups in total. The summed E-state index contributed by atoms with van der Waals surface area (Å²) in [5.74, 6) is -0.384. The molecule has 0 unspecified atom stereocenters. The van der Waals surface area contributed by atoms with Crippen LogP contribution in [-0.2, 0) is 6.11 Å². The minimum Gasteiger partial charge on any atom is -0.497 e. The van der Waals surface area contributed by atoms with Gasteiger partial charge in [-0.1, -0.05) is 6.07 Å². The van der Waals surface area contributed by atoms with Gasteiger partial charge in [-0.15, -0.1) is 0 Å². The highest BCUT2D eigenvalue weighted by molar-refractivity contribution is 5.85. The first-order chi connectivity index (χ1) is 12.4. The molecule has 3 aromatic carbocycles. The Morgan fingerprint density at radius 1 is 0.885 bits per heavy atom. The van der Waals surface area contributed by atoms with Gasteiger partial charge in [-0.05, 0) is 66.2 Å². The largest absolute Gasteiger partial charge is 0.497 e. The van der Waals surface area contributed by atoms with Gasteiger partial charge in [0.1, 0.15) is 11.5 Å². The van der Waals surface area contributed by atoms with Gasteiger partial charge in [0.15, 0.2) is 11.6 Å². The number of benzene rings is 3. The SMILES string of the molecule is CCOc1ccc2cc(OC(F)(F)c3ccc(OC)cc3)c(F)cc2c1. The summed E-state index contributed by atoms with van der Waals surface area (Å²) in [5, 5.41) is 1.10. The quantitative estimate of drug-likeness (QED) is 0.578. The molecule has 0 aromatic heterocycles. The van der Waals surface area contributed by atoms with E-state index in [-0.39, 0.29) is 0 Å². The molecule has 3 aromatic rings. The van der Waals surface area contributed by atoms with Gasteiger partial charge in [-0.3, -0.25) is 0 Å². The van der Waals surface area contributed by atoms with Crippen LogP contribution in [0.1, 0.15) is 12.5 Å². The molecule has 3 nitrogen and oxygen atoms in total. The number of methoxy groups -OCH3 is 1. The van der Waals surface area contributed by atoms with Gasteiger partial charge in [-0.2, -0.15) is 8.78 Å². The monoisotopic (exact) mass is 362 g/mol. The number of ether oxygens (including phenoxy) is 3. The van der Waals surface area contributed by atoms with Crippen LogP contribution in [0.5, 0.6) is 17.2 Å². The maximum absolute atomic E-state index is 14.4. The molecule has 0 spiro atoms. The molecule has 0 heterocycles. The molecule has 0 amide bonds. The molecule has 0 aliphatic rings. The Kier molecular flexibility index (Phi) is 4.93. The van der Waals surface area contributed by atoms with Crippen LogP contribution in [-0.4, -0.2) is 13.7 Å². The molecule has 0 aliphatic carbocycles. The molecule has 6 heteroatoms. The standard InChI is InChI=1S/C20H17F3O3/c1-3-25-17-7-4-13-12-19(18(21)11-14(13)10-17)26-20(22,23)15-5-8-16(24-2)9-6-15/h4-12H,3H2,1-2H3. The third-order valence-corrected chi connectivity index (χ3v) is 3.84. The van der Waals surface area contributed by atoms with Crippen LogP contribution < -0.4 is 14.2 Å². The molecule has 0 aliphatic heterocycles. The molecule has 0 saturated carbocycles. The van der Waals surface area contributed by atoms with E-state index >= 15 is 0 Å². The van der Waals surface area contributed by atoms with Crippen molar-refractivity contribution < 1.29 is 27.4 Å². The van der Waals surface area contributed by atoms with E-state index in [0.29, 0.717) is 28.9 Å². The minimum atomic E-state index is -3.69. The molecule has 136 valence electrons. The maximum atomic E-state index is 14.4. The van der Waals surface area contributed by atoms with Crippen molar-refractivity contribution in [1.29, 1.82) is 0 Å². The molecular formula is C20H17F3O3. The maximum Gasteiger partial charge on any atom is 0.426 e. The second-order valence-corrected chi connectivity index (χ2v) is 5.57. The Hall–Kier alpha value is -2.89. The normalized spacial score (nSPS) is 11.4. The van der Waals surface area contributed by atoms with Gasteiger partial charge in [0.2, 0.25) is 0 Å². The summed E-state index contributed by atoms with van der Waals surface area (Å²) in [4.78, 5) is 0. The van der Waals surface area contributed by atoms with E-state index in [4.69, 9.17) is 14.2 Å². The summed E-state index contributed by atoms with van der Waals surface area (Å²) >= 11 is 0. The first kappa shape index (κ1) is 17.9. The van der Waals surface area contributed by atoms with Crippen LogP contribution in [0.4, 0.5) is 13.2 Å². The lowest BCUT2D eigenvalue weighted by Gasteiger charge is -2.19. The lowest BCUT2D eigenvalue weighted by atomic mass is 10.1. The van der Waals surface area contributed by atoms with Crippen molar-refractivity contribution >= 4 is 10.8 Å². The number of halogens is 3. The molecule has 0 atom stereocenters. The summed E-state index contributed by atoms with van der Waals surface area (Å²) in [6.45, 7) is 2.31. The summed E-state index contributed by atoms with van der Waals surface area (Å²) in [6.07, 6.45) is -3.69. The van der Waals surface area contributed by atoms with Crippen LogP contribution in [0.2, 0.25) is 0 Å². The van der Waals surface area contributed by atoms with Crippen LogP contribution in [0.3, 0.4) is 0 Å². The Bertz CT molecular complexity index is 908. The van der Waals surface area contributed by atoms with E-state index in [0.717, 1.165) is 6.07 Å². The van der Waals surface area contributed by atoms with Crippen molar-refractivity contribution in [2.24, 2.45) is 0 Å². The molecule has 26 heavy (non-hydrogen) atoms. The molecule has 0 radical (unpaired) electrons. The van der Waals surface area contributed by atoms with E-state index in [1.165, 1.54) is 37.4 Å². The van der Waals surface area contributed by atoms with Crippen molar-refractivity contribution in [3.63, 3.8) is 0 Å². The minimum absolute atomic E-state index is 0.399. The molecule has 0 saturated heterocycles. The second-order valence-electron chi connectivity index (χ2n) is 5.57. The number of alkyl halides is 2. The van der Waals surface area contributed by atoms with Crippen molar-refractivity contribution in [2.45, 2.75) is 13.0 Å². The summed E-state index contributed by atoms with van der Waals surface area (Å²) in [6, 6.07) is 12.5. The highest BCUT2D eigenvalue weighted by Crippen LogP contribution is 2.36. The number of hydrogen-bond acceptors (Lipinski definition) is 3. The first-order valence-electron chi connectivity index (χ1n) is 8.00. The third-order valence-electron chi connectivity index (χ3n) is 3.84. The predicted octanol–water partition coefficient (Wildman–Crippen LogP) is 5.51. The van der Waals surface area contributed by atoms with Gasteiger partial charge in [0, 0.05) is 0 Å². The average molecular weight is 362 g/mol. The zero-order valence-electron chi connectivity index (χ0n) is 14.3. The van der Waals surface area contributed by atoms with E-state index in [2.05, 4.69) is 0 Å². The Morgan fingerprint density at radius 2 is 1.58 bits per heavy atom. The van der Waals surface area contributed by atoms with E-state index in [1.54, 1.807) is 18.2 Å². The molecule has 0 fully saturated rings. The Morgan fingerprint density at radius 3 is 2.23 bits per heavy atom. The van der Waals surface area contributed by atoms with Gasteiger partial charge >= 0.3 is 6.11 Å². The molecule has 3 rings (SSSR count). The Labute approximate surface area is 148 Å². The van der Waals surface area contributed by atoms with Gasteiger partial charge < -0.3 is 14.2 Å². The molecular weight excluding hydrogens is 345 g/mol. The van der Waals surface area contributed by atoms with Gasteiger partial charge in [0.05, 0.1) is 19.3 Å². The lowest BCUT2D eigenvalue weighted by molar-refractivity contribution is -0.186. The van der Waals surface area contributed by atoms with E-state index < -0.39 is 23.2 Å². The summed E-state index contributed by atoms with van der Waals surface area (Å²) in [5.41, 5.74) is -0.399. The van der Waals surface area contributed by atoms with Crippen LogP contribution in [0, 0.1) is 5.82 Å². The Balaban J connectivity index is 1.91. The van der Waals surface area contributed by atoms with Crippen molar-refractivity contribution in [3.05, 3.63) is 66.0 Å². The highest BCUT2D eigenvalue weighted by Gasteiger charge is 2.35. The van der Waals surface area contributed by atoms with E-state index in [1.807, 2.05) is 6.92 Å². The van der Waals surface area contributed by atoms with E-state index in [9.17, 15) is 13.2 Å². The second kappa shape index (κ2) is 7.15. The average Bonchev–Trinajstić information content (AvgIpc) is 2.62. The fourth-order valence-electron chi connectivity index (χ4n) is 2.54. The van der Waals surface area contributed by atoms with Gasteiger partial charge in [-0.25, -0.2) is 4.39 Å². The van der Waals surface area contributed by atoms with Crippen molar-refractivity contribution in [2.75, 3.05) is 13.7 Å². The van der Waals surface area contributed by atoms with Crippen LogP contribution in [0.25, 0.3) is 10.8 Å². The summed E-state index contributed by atoms with van der Waals surface area (Å²) < 4.78 is 58.0. The highest BCUT2D eigenvalue weighted by atomic mass is 19.3. The van der Waals surface area contributed by atoms with Crippen molar-refractivity contribution in [3.8, 4) is 17.2 Å². The lowest BCUT2D eigenvalue weighted by Crippen LogP contribution is -2.22. The fraction of sp³-hybridized carbons (Fsp3) is 0.200. The smallest absolute Gasteiger partial charge is 0.426 e. The van der Waals surface area contributed by atoms with Gasteiger partial charge in [0.25, 0.3) is 0 Å². The number of rotatable bonds is 6.